The summed E-state index contributed by atoms with van der Waals surface area (Å²) < 4.78 is 27.1. The summed E-state index contributed by atoms with van der Waals surface area (Å²) in [6, 6.07) is 9.15. The molecule has 0 saturated carbocycles. The van der Waals surface area contributed by atoms with E-state index < -0.39 is 23.8 Å². The fourth-order valence-corrected chi connectivity index (χ4v) is 3.69. The summed E-state index contributed by atoms with van der Waals surface area (Å²) >= 11 is 0. The summed E-state index contributed by atoms with van der Waals surface area (Å²) in [4.78, 5) is 11.7. The monoisotopic (exact) mass is 460 g/mol. The topological polar surface area (TPSA) is 61.4 Å². The van der Waals surface area contributed by atoms with Crippen LogP contribution in [0.1, 0.15) is 70.7 Å². The summed E-state index contributed by atoms with van der Waals surface area (Å²) in [5.41, 5.74) is 3.99. The number of carbonyl (C=O) groups is 1. The highest BCUT2D eigenvalue weighted by atomic mass is 19.1. The number of amides is 1. The predicted octanol–water partition coefficient (Wildman–Crippen LogP) is 4.76. The minimum Gasteiger partial charge on any atom is -0.390 e. The van der Waals surface area contributed by atoms with E-state index >= 15 is 0 Å². The van der Waals surface area contributed by atoms with Crippen molar-refractivity contribution in [2.45, 2.75) is 84.4 Å². The van der Waals surface area contributed by atoms with E-state index in [2.05, 4.69) is 70.4 Å². The van der Waals surface area contributed by atoms with Crippen molar-refractivity contribution < 1.29 is 18.7 Å². The number of aliphatic hydroxyl groups excluding tert-OH is 1. The van der Waals surface area contributed by atoms with Gasteiger partial charge in [0.15, 0.2) is 0 Å². The average molecular weight is 461 g/mol. The SMILES string of the molecule is CC(=O)NC(Cc1cc(F)cc(F)c1)C(O)CNCc1cc(C(C)(C)C)cc(C(C)(C)C)c1. The van der Waals surface area contributed by atoms with Crippen LogP contribution in [0.2, 0.25) is 0 Å². The number of carbonyl (C=O) groups excluding carboxylic acids is 1. The molecule has 33 heavy (non-hydrogen) atoms. The number of nitrogens with one attached hydrogen (secondary N) is 2. The lowest BCUT2D eigenvalue weighted by Gasteiger charge is -2.27. The quantitative estimate of drug-likeness (QED) is 0.532. The molecule has 0 fully saturated rings. The number of aliphatic hydroxyl groups is 1. The van der Waals surface area contributed by atoms with Crippen LogP contribution in [0.15, 0.2) is 36.4 Å². The molecule has 0 radical (unpaired) electrons. The Morgan fingerprint density at radius 3 is 1.85 bits per heavy atom. The molecule has 2 aromatic carbocycles. The Hall–Kier alpha value is -2.31. The van der Waals surface area contributed by atoms with Gasteiger partial charge in [-0.25, -0.2) is 8.78 Å². The lowest BCUT2D eigenvalue weighted by molar-refractivity contribution is -0.120. The van der Waals surface area contributed by atoms with Crippen LogP contribution in [0, 0.1) is 11.6 Å². The van der Waals surface area contributed by atoms with Gasteiger partial charge >= 0.3 is 0 Å². The summed E-state index contributed by atoms with van der Waals surface area (Å²) in [5.74, 6) is -1.69. The Bertz CT molecular complexity index is 909. The Kier molecular flexibility index (Phi) is 8.77. The van der Waals surface area contributed by atoms with E-state index in [1.165, 1.54) is 30.2 Å². The van der Waals surface area contributed by atoms with Gasteiger partial charge in [-0.15, -0.1) is 0 Å². The van der Waals surface area contributed by atoms with Crippen LogP contribution < -0.4 is 10.6 Å². The summed E-state index contributed by atoms with van der Waals surface area (Å²) in [7, 11) is 0. The molecule has 2 rings (SSSR count). The molecule has 0 aromatic heterocycles. The van der Waals surface area contributed by atoms with Crippen molar-refractivity contribution in [2.75, 3.05) is 6.54 Å². The number of rotatable bonds is 8. The second kappa shape index (κ2) is 10.7. The molecule has 3 N–H and O–H groups in total. The van der Waals surface area contributed by atoms with Crippen LogP contribution in [-0.4, -0.2) is 29.7 Å². The highest BCUT2D eigenvalue weighted by molar-refractivity contribution is 5.73. The maximum absolute atomic E-state index is 13.6. The van der Waals surface area contributed by atoms with Gasteiger partial charge in [0.2, 0.25) is 5.91 Å². The summed E-state index contributed by atoms with van der Waals surface area (Å²) in [6.07, 6.45) is -0.821. The maximum Gasteiger partial charge on any atom is 0.217 e. The van der Waals surface area contributed by atoms with Crippen molar-refractivity contribution in [3.63, 3.8) is 0 Å². The van der Waals surface area contributed by atoms with Crippen LogP contribution in [0.3, 0.4) is 0 Å². The molecule has 2 aromatic rings. The van der Waals surface area contributed by atoms with Gasteiger partial charge in [-0.3, -0.25) is 4.79 Å². The normalized spacial score (nSPS) is 14.1. The van der Waals surface area contributed by atoms with Gasteiger partial charge in [0.1, 0.15) is 11.6 Å². The lowest BCUT2D eigenvalue weighted by atomic mass is 9.79. The minimum absolute atomic E-state index is 0.00621. The first-order valence-corrected chi connectivity index (χ1v) is 11.4. The molecule has 0 bridgehead atoms. The van der Waals surface area contributed by atoms with Crippen molar-refractivity contribution in [2.24, 2.45) is 0 Å². The van der Waals surface area contributed by atoms with Crippen molar-refractivity contribution in [1.29, 1.82) is 0 Å². The molecule has 0 saturated heterocycles. The second-order valence-corrected chi connectivity index (χ2v) is 10.9. The third kappa shape index (κ3) is 8.52. The van der Waals surface area contributed by atoms with E-state index in [0.717, 1.165) is 11.6 Å². The average Bonchev–Trinajstić information content (AvgIpc) is 2.64. The van der Waals surface area contributed by atoms with Gasteiger partial charge in [-0.2, -0.15) is 0 Å². The number of halogens is 2. The largest absolute Gasteiger partial charge is 0.390 e. The van der Waals surface area contributed by atoms with Gasteiger partial charge in [-0.1, -0.05) is 59.7 Å². The zero-order valence-corrected chi connectivity index (χ0v) is 20.9. The first-order valence-electron chi connectivity index (χ1n) is 11.4. The predicted molar refractivity (Wildman–Crippen MR) is 129 cm³/mol. The number of benzene rings is 2. The number of hydrogen-bond acceptors (Lipinski definition) is 3. The molecule has 1 amide bonds. The van der Waals surface area contributed by atoms with Crippen LogP contribution in [0.5, 0.6) is 0 Å². The van der Waals surface area contributed by atoms with E-state index in [1.54, 1.807) is 0 Å². The molecule has 0 aliphatic rings. The van der Waals surface area contributed by atoms with Gasteiger partial charge in [0.05, 0.1) is 12.1 Å². The summed E-state index contributed by atoms with van der Waals surface area (Å²) in [5, 5.41) is 16.7. The molecule has 182 valence electrons. The standard InChI is InChI=1S/C27H38F2N2O2/c1-17(32)31-24(12-18-10-22(28)14-23(29)11-18)25(33)16-30-15-19-8-20(26(2,3)4)13-21(9-19)27(5,6)7/h8-11,13-14,24-25,30,33H,12,15-16H2,1-7H3,(H,31,32). The molecule has 0 spiro atoms. The van der Waals surface area contributed by atoms with Crippen molar-refractivity contribution >= 4 is 5.91 Å². The van der Waals surface area contributed by atoms with E-state index in [4.69, 9.17) is 0 Å². The van der Waals surface area contributed by atoms with E-state index in [1.807, 2.05) is 0 Å². The lowest BCUT2D eigenvalue weighted by Crippen LogP contribution is -2.48. The molecule has 2 unspecified atom stereocenters. The zero-order chi connectivity index (χ0) is 25.0. The van der Waals surface area contributed by atoms with E-state index in [9.17, 15) is 18.7 Å². The molecular weight excluding hydrogens is 422 g/mol. The van der Waals surface area contributed by atoms with Gasteiger partial charge in [-0.05, 0) is 51.6 Å². The highest BCUT2D eigenvalue weighted by Crippen LogP contribution is 2.30. The van der Waals surface area contributed by atoms with Crippen LogP contribution in [0.25, 0.3) is 0 Å². The minimum atomic E-state index is -0.937. The molecule has 2 atom stereocenters. The van der Waals surface area contributed by atoms with Crippen LogP contribution in [-0.2, 0) is 28.6 Å². The zero-order valence-electron chi connectivity index (χ0n) is 20.9. The molecular formula is C27H38F2N2O2. The van der Waals surface area contributed by atoms with Gasteiger partial charge < -0.3 is 15.7 Å². The fourth-order valence-electron chi connectivity index (χ4n) is 3.69. The highest BCUT2D eigenvalue weighted by Gasteiger charge is 2.23. The first-order chi connectivity index (χ1) is 15.1. The number of hydrogen-bond donors (Lipinski definition) is 3. The molecule has 4 nitrogen and oxygen atoms in total. The van der Waals surface area contributed by atoms with Crippen LogP contribution in [0.4, 0.5) is 8.78 Å². The Morgan fingerprint density at radius 1 is 0.879 bits per heavy atom. The Morgan fingerprint density at radius 2 is 1.39 bits per heavy atom. The van der Waals surface area contributed by atoms with Gasteiger partial charge in [0.25, 0.3) is 0 Å². The summed E-state index contributed by atoms with van der Waals surface area (Å²) in [6.45, 7) is 15.2. The van der Waals surface area contributed by atoms with Crippen molar-refractivity contribution in [3.05, 3.63) is 70.3 Å². The van der Waals surface area contributed by atoms with Crippen molar-refractivity contribution in [3.8, 4) is 0 Å². The third-order valence-corrected chi connectivity index (χ3v) is 5.64. The molecule has 6 heteroatoms. The fraction of sp³-hybridized carbons (Fsp3) is 0.519. The Labute approximate surface area is 196 Å². The first kappa shape index (κ1) is 26.9. The Balaban J connectivity index is 2.12. The molecule has 0 aliphatic heterocycles. The third-order valence-electron chi connectivity index (χ3n) is 5.64. The second-order valence-electron chi connectivity index (χ2n) is 10.9. The maximum atomic E-state index is 13.6. The molecule has 0 heterocycles. The van der Waals surface area contributed by atoms with E-state index in [0.29, 0.717) is 12.1 Å². The van der Waals surface area contributed by atoms with Crippen molar-refractivity contribution in [1.82, 2.24) is 10.6 Å². The molecule has 0 aliphatic carbocycles. The van der Waals surface area contributed by atoms with Crippen LogP contribution >= 0.6 is 0 Å². The smallest absolute Gasteiger partial charge is 0.217 e. The van der Waals surface area contributed by atoms with E-state index in [-0.39, 0.29) is 29.7 Å². The van der Waals surface area contributed by atoms with Gasteiger partial charge in [0, 0.05) is 26.1 Å².